The third-order valence-electron chi connectivity index (χ3n) is 5.76. The minimum atomic E-state index is -0.561. The molecule has 1 fully saturated rings. The van der Waals surface area contributed by atoms with Gasteiger partial charge in [0.05, 0.1) is 36.3 Å². The fourth-order valence-corrected chi connectivity index (χ4v) is 3.73. The third-order valence-corrected chi connectivity index (χ3v) is 5.76. The second-order valence-corrected chi connectivity index (χ2v) is 8.92. The van der Waals surface area contributed by atoms with Crippen molar-refractivity contribution in [1.29, 1.82) is 5.26 Å². The van der Waals surface area contributed by atoms with Crippen molar-refractivity contribution in [2.24, 2.45) is 11.3 Å². The predicted molar refractivity (Wildman–Crippen MR) is 122 cm³/mol. The molecule has 0 N–H and O–H groups in total. The number of nitrogens with zero attached hydrogens (tertiary/aromatic N) is 6. The first-order valence-electron chi connectivity index (χ1n) is 11.3. The first kappa shape index (κ1) is 23.5. The second kappa shape index (κ2) is 9.94. The van der Waals surface area contributed by atoms with E-state index in [-0.39, 0.29) is 18.7 Å². The van der Waals surface area contributed by atoms with Gasteiger partial charge in [0, 0.05) is 28.9 Å². The van der Waals surface area contributed by atoms with E-state index in [4.69, 9.17) is 4.74 Å². The minimum Gasteiger partial charge on any atom is -0.443 e. The molecule has 170 valence electrons. The van der Waals surface area contributed by atoms with Crippen molar-refractivity contribution in [2.75, 3.05) is 0 Å². The second-order valence-electron chi connectivity index (χ2n) is 8.92. The summed E-state index contributed by atoms with van der Waals surface area (Å²) in [6.45, 7) is 9.55. The Labute approximate surface area is 189 Å². The van der Waals surface area contributed by atoms with E-state index in [0.717, 1.165) is 29.4 Å². The van der Waals surface area contributed by atoms with E-state index in [2.05, 4.69) is 21.4 Å². The number of rotatable bonds is 6. The average Bonchev–Trinajstić information content (AvgIpc) is 3.38. The molecule has 8 heteroatoms. The molecule has 3 aromatic rings. The number of hydrogen-bond acceptors (Lipinski definition) is 6. The number of aromatic nitrogens is 5. The number of esters is 1. The Kier molecular flexibility index (Phi) is 7.29. The molecule has 1 aliphatic carbocycles. The highest BCUT2D eigenvalue weighted by atomic mass is 16.5. The summed E-state index contributed by atoms with van der Waals surface area (Å²) in [5.74, 6) is 0.251. The van der Waals surface area contributed by atoms with Crippen LogP contribution in [0.3, 0.4) is 0 Å². The van der Waals surface area contributed by atoms with Crippen molar-refractivity contribution in [3.05, 3.63) is 30.9 Å². The molecule has 0 aromatic carbocycles. The maximum absolute atomic E-state index is 12.1. The van der Waals surface area contributed by atoms with Crippen LogP contribution in [0.15, 0.2) is 30.9 Å². The standard InChI is InChI=1S/C22H26N6O2.C2H6/c1-22(2,3)21(29)30-14-27-10-8-17-18(12-24-26-20(17)27)16-11-25-28(13-16)19(7-9-23)15-5-4-6-15;1-2/h8,10-13,15,19H,4-7,14H2,1-3H3;1-2H3. The normalized spacial score (nSPS) is 14.8. The van der Waals surface area contributed by atoms with Crippen molar-refractivity contribution in [1.82, 2.24) is 24.5 Å². The Hall–Kier alpha value is -3.21. The summed E-state index contributed by atoms with van der Waals surface area (Å²) in [4.78, 5) is 12.1. The lowest BCUT2D eigenvalue weighted by Crippen LogP contribution is -2.25. The number of nitriles is 1. The molecule has 0 spiro atoms. The Bertz CT molecular complexity index is 1100. The van der Waals surface area contributed by atoms with Gasteiger partial charge in [0.1, 0.15) is 0 Å². The smallest absolute Gasteiger partial charge is 0.312 e. The maximum atomic E-state index is 12.1. The summed E-state index contributed by atoms with van der Waals surface area (Å²) < 4.78 is 9.12. The van der Waals surface area contributed by atoms with Gasteiger partial charge in [-0.3, -0.25) is 14.0 Å². The summed E-state index contributed by atoms with van der Waals surface area (Å²) in [6, 6.07) is 4.36. The fraction of sp³-hybridized carbons (Fsp3) is 0.542. The van der Waals surface area contributed by atoms with Crippen LogP contribution in [0, 0.1) is 22.7 Å². The van der Waals surface area contributed by atoms with Crippen molar-refractivity contribution >= 4 is 17.0 Å². The summed E-state index contributed by atoms with van der Waals surface area (Å²) in [5.41, 5.74) is 1.93. The highest BCUT2D eigenvalue weighted by Crippen LogP contribution is 2.38. The summed E-state index contributed by atoms with van der Waals surface area (Å²) in [6.07, 6.45) is 11.4. The zero-order valence-corrected chi connectivity index (χ0v) is 19.6. The molecule has 1 saturated carbocycles. The summed E-state index contributed by atoms with van der Waals surface area (Å²) >= 11 is 0. The molecule has 1 aliphatic rings. The molecule has 8 nitrogen and oxygen atoms in total. The number of carbonyl (C=O) groups excluding carboxylic acids is 1. The van der Waals surface area contributed by atoms with Crippen LogP contribution < -0.4 is 0 Å². The fourth-order valence-electron chi connectivity index (χ4n) is 3.73. The largest absolute Gasteiger partial charge is 0.443 e. The van der Waals surface area contributed by atoms with E-state index in [1.165, 1.54) is 6.42 Å². The predicted octanol–water partition coefficient (Wildman–Crippen LogP) is 5.12. The Morgan fingerprint density at radius 1 is 1.31 bits per heavy atom. The van der Waals surface area contributed by atoms with Gasteiger partial charge in [-0.05, 0) is 45.6 Å². The lowest BCUT2D eigenvalue weighted by molar-refractivity contribution is -0.156. The summed E-state index contributed by atoms with van der Waals surface area (Å²) in [7, 11) is 0. The van der Waals surface area contributed by atoms with Crippen molar-refractivity contribution in [2.45, 2.75) is 73.1 Å². The summed E-state index contributed by atoms with van der Waals surface area (Å²) in [5, 5.41) is 23.1. The zero-order chi connectivity index (χ0) is 23.3. The van der Waals surface area contributed by atoms with Gasteiger partial charge < -0.3 is 4.74 Å². The zero-order valence-electron chi connectivity index (χ0n) is 19.6. The van der Waals surface area contributed by atoms with Crippen LogP contribution in [0.25, 0.3) is 22.2 Å². The highest BCUT2D eigenvalue weighted by molar-refractivity contribution is 5.92. The molecule has 1 unspecified atom stereocenters. The van der Waals surface area contributed by atoms with E-state index >= 15 is 0 Å². The molecule has 0 bridgehead atoms. The SMILES string of the molecule is CC.CC(C)(C)C(=O)OCn1ccc2c(-c3cnn(C(CC#N)C4CCC4)c3)cnnc21. The van der Waals surface area contributed by atoms with Crippen LogP contribution in [0.1, 0.15) is 66.3 Å². The molecule has 0 amide bonds. The Balaban J connectivity index is 0.00000141. The van der Waals surface area contributed by atoms with Crippen molar-refractivity contribution in [3.8, 4) is 17.2 Å². The molecule has 3 aromatic heterocycles. The molecular weight excluding hydrogens is 404 g/mol. The number of fused-ring (bicyclic) bond motifs is 1. The first-order valence-corrected chi connectivity index (χ1v) is 11.3. The van der Waals surface area contributed by atoms with Crippen molar-refractivity contribution < 1.29 is 9.53 Å². The Morgan fingerprint density at radius 2 is 2.06 bits per heavy atom. The lowest BCUT2D eigenvalue weighted by atomic mass is 9.79. The van der Waals surface area contributed by atoms with Crippen LogP contribution in [0.4, 0.5) is 0 Å². The van der Waals surface area contributed by atoms with Crippen LogP contribution >= 0.6 is 0 Å². The molecular formula is C24H32N6O2. The maximum Gasteiger partial charge on any atom is 0.312 e. The van der Waals surface area contributed by atoms with Gasteiger partial charge in [-0.1, -0.05) is 20.3 Å². The topological polar surface area (TPSA) is 98.6 Å². The molecule has 0 radical (unpaired) electrons. The molecule has 32 heavy (non-hydrogen) atoms. The van der Waals surface area contributed by atoms with Gasteiger partial charge >= 0.3 is 5.97 Å². The molecule has 0 aliphatic heterocycles. The van der Waals surface area contributed by atoms with E-state index in [0.29, 0.717) is 18.0 Å². The van der Waals surface area contributed by atoms with Gasteiger partial charge in [0.15, 0.2) is 12.4 Å². The van der Waals surface area contributed by atoms with E-state index in [1.807, 2.05) is 64.0 Å². The Morgan fingerprint density at radius 3 is 2.69 bits per heavy atom. The van der Waals surface area contributed by atoms with Gasteiger partial charge in [-0.25, -0.2) is 0 Å². The van der Waals surface area contributed by atoms with Crippen LogP contribution in [0.2, 0.25) is 0 Å². The lowest BCUT2D eigenvalue weighted by Gasteiger charge is -2.32. The van der Waals surface area contributed by atoms with Gasteiger partial charge in [0.25, 0.3) is 0 Å². The molecule has 1 atom stereocenters. The highest BCUT2D eigenvalue weighted by Gasteiger charge is 2.29. The van der Waals surface area contributed by atoms with E-state index in [1.54, 1.807) is 10.8 Å². The molecule has 4 rings (SSSR count). The monoisotopic (exact) mass is 436 g/mol. The van der Waals surface area contributed by atoms with Crippen LogP contribution in [-0.2, 0) is 16.3 Å². The van der Waals surface area contributed by atoms with Gasteiger partial charge in [-0.2, -0.15) is 15.5 Å². The van der Waals surface area contributed by atoms with Crippen molar-refractivity contribution in [3.63, 3.8) is 0 Å². The van der Waals surface area contributed by atoms with E-state index in [9.17, 15) is 10.1 Å². The average molecular weight is 437 g/mol. The molecule has 3 heterocycles. The quantitative estimate of drug-likeness (QED) is 0.497. The van der Waals surface area contributed by atoms with Gasteiger partial charge in [-0.15, -0.1) is 5.10 Å². The van der Waals surface area contributed by atoms with Crippen LogP contribution in [-0.4, -0.2) is 30.5 Å². The first-order chi connectivity index (χ1) is 15.4. The third kappa shape index (κ3) is 4.82. The number of carbonyl (C=O) groups is 1. The van der Waals surface area contributed by atoms with Crippen LogP contribution in [0.5, 0.6) is 0 Å². The number of hydrogen-bond donors (Lipinski definition) is 0. The number of ether oxygens (including phenoxy) is 1. The van der Waals surface area contributed by atoms with E-state index < -0.39 is 5.41 Å². The minimum absolute atomic E-state index is 0.0862. The molecule has 0 saturated heterocycles. The van der Waals surface area contributed by atoms with Gasteiger partial charge in [0.2, 0.25) is 0 Å².